The van der Waals surface area contributed by atoms with Crippen LogP contribution in [0, 0.1) is 0 Å². The van der Waals surface area contributed by atoms with Crippen molar-refractivity contribution in [3.63, 3.8) is 0 Å². The second-order valence-electron chi connectivity index (χ2n) is 3.22. The quantitative estimate of drug-likeness (QED) is 0.580. The first-order chi connectivity index (χ1) is 6.89. The standard InChI is InChI=1S/C8H20P.C2H2O4/c1-5-9(6-2,7-3)8-4;3-1(4)2(5)6/h5-8H2,1-4H3;(H,3,4)(H,5,6)/q+1;. The van der Waals surface area contributed by atoms with Gasteiger partial charge in [0.2, 0.25) is 0 Å². The molecule has 0 radical (unpaired) electrons. The van der Waals surface area contributed by atoms with Crippen LogP contribution in [0.4, 0.5) is 0 Å². The molecule has 0 aromatic carbocycles. The van der Waals surface area contributed by atoms with Crippen LogP contribution in [0.5, 0.6) is 0 Å². The molecular formula is C10H22O4P+. The van der Waals surface area contributed by atoms with Gasteiger partial charge in [-0.2, -0.15) is 0 Å². The number of carbonyl (C=O) groups is 2. The van der Waals surface area contributed by atoms with Crippen molar-refractivity contribution in [1.82, 2.24) is 0 Å². The topological polar surface area (TPSA) is 74.6 Å². The summed E-state index contributed by atoms with van der Waals surface area (Å²) < 4.78 is 0. The van der Waals surface area contributed by atoms with Crippen LogP contribution < -0.4 is 0 Å². The maximum atomic E-state index is 9.10. The lowest BCUT2D eigenvalue weighted by Gasteiger charge is -2.20. The average molecular weight is 237 g/mol. The highest BCUT2D eigenvalue weighted by Gasteiger charge is 2.27. The molecule has 0 saturated carbocycles. The monoisotopic (exact) mass is 237 g/mol. The van der Waals surface area contributed by atoms with Crippen molar-refractivity contribution in [3.8, 4) is 0 Å². The lowest BCUT2D eigenvalue weighted by Crippen LogP contribution is -2.09. The van der Waals surface area contributed by atoms with Gasteiger partial charge in [0.25, 0.3) is 0 Å². The van der Waals surface area contributed by atoms with E-state index in [0.29, 0.717) is 0 Å². The summed E-state index contributed by atoms with van der Waals surface area (Å²) in [5.74, 6) is -3.65. The van der Waals surface area contributed by atoms with Crippen molar-refractivity contribution >= 4 is 19.2 Å². The molecule has 0 fully saturated rings. The summed E-state index contributed by atoms with van der Waals surface area (Å²) in [5, 5.41) is 14.8. The van der Waals surface area contributed by atoms with Crippen molar-refractivity contribution in [3.05, 3.63) is 0 Å². The molecule has 0 aromatic rings. The van der Waals surface area contributed by atoms with Gasteiger partial charge in [0, 0.05) is 7.26 Å². The largest absolute Gasteiger partial charge is 0.473 e. The van der Waals surface area contributed by atoms with Crippen molar-refractivity contribution in [2.75, 3.05) is 24.6 Å². The summed E-state index contributed by atoms with van der Waals surface area (Å²) in [6.45, 7) is 9.41. The van der Waals surface area contributed by atoms with Gasteiger partial charge in [0.15, 0.2) is 0 Å². The third kappa shape index (κ3) is 7.32. The average Bonchev–Trinajstić information content (AvgIpc) is 2.23. The molecule has 0 saturated heterocycles. The highest BCUT2D eigenvalue weighted by molar-refractivity contribution is 7.75. The van der Waals surface area contributed by atoms with Crippen LogP contribution in [0.1, 0.15) is 27.7 Å². The Hall–Kier alpha value is -0.630. The minimum Gasteiger partial charge on any atom is -0.473 e. The summed E-state index contributed by atoms with van der Waals surface area (Å²) in [5.41, 5.74) is 0. The lowest BCUT2D eigenvalue weighted by atomic mass is 10.7. The van der Waals surface area contributed by atoms with Gasteiger partial charge in [-0.15, -0.1) is 0 Å². The number of aliphatic carboxylic acids is 2. The van der Waals surface area contributed by atoms with Crippen LogP contribution in [0.2, 0.25) is 0 Å². The Morgan fingerprint density at radius 1 is 0.800 bits per heavy atom. The minimum absolute atomic E-state index is 0.420. The predicted molar refractivity (Wildman–Crippen MR) is 64.4 cm³/mol. The Bertz CT molecular complexity index is 170. The van der Waals surface area contributed by atoms with Gasteiger partial charge in [0.05, 0.1) is 24.6 Å². The number of hydrogen-bond acceptors (Lipinski definition) is 2. The van der Waals surface area contributed by atoms with E-state index in [1.165, 1.54) is 24.6 Å². The van der Waals surface area contributed by atoms with Crippen molar-refractivity contribution in [2.24, 2.45) is 0 Å². The van der Waals surface area contributed by atoms with Crippen molar-refractivity contribution in [2.45, 2.75) is 27.7 Å². The summed E-state index contributed by atoms with van der Waals surface area (Å²) >= 11 is 0. The van der Waals surface area contributed by atoms with Gasteiger partial charge >= 0.3 is 11.9 Å². The van der Waals surface area contributed by atoms with Gasteiger partial charge in [-0.25, -0.2) is 9.59 Å². The van der Waals surface area contributed by atoms with E-state index in [1.807, 2.05) is 0 Å². The number of hydrogen-bond donors (Lipinski definition) is 2. The van der Waals surface area contributed by atoms with Crippen LogP contribution in [-0.2, 0) is 9.59 Å². The van der Waals surface area contributed by atoms with Gasteiger partial charge in [0.1, 0.15) is 0 Å². The van der Waals surface area contributed by atoms with E-state index in [2.05, 4.69) is 27.7 Å². The van der Waals surface area contributed by atoms with Crippen molar-refractivity contribution < 1.29 is 19.8 Å². The molecule has 0 atom stereocenters. The van der Waals surface area contributed by atoms with E-state index in [9.17, 15) is 0 Å². The maximum absolute atomic E-state index is 9.10. The third-order valence-electron chi connectivity index (χ3n) is 2.87. The second kappa shape index (κ2) is 8.66. The maximum Gasteiger partial charge on any atom is 0.414 e. The molecule has 0 aromatic heterocycles. The Morgan fingerprint density at radius 3 is 1.00 bits per heavy atom. The molecule has 5 heteroatoms. The van der Waals surface area contributed by atoms with Crippen LogP contribution in [0.25, 0.3) is 0 Å². The van der Waals surface area contributed by atoms with Gasteiger partial charge in [-0.1, -0.05) is 0 Å². The smallest absolute Gasteiger partial charge is 0.414 e. The first-order valence-electron chi connectivity index (χ1n) is 5.20. The van der Waals surface area contributed by atoms with E-state index >= 15 is 0 Å². The van der Waals surface area contributed by atoms with E-state index in [1.54, 1.807) is 0 Å². The Labute approximate surface area is 92.0 Å². The van der Waals surface area contributed by atoms with Gasteiger partial charge in [-0.05, 0) is 27.7 Å². The van der Waals surface area contributed by atoms with Crippen LogP contribution in [0.3, 0.4) is 0 Å². The van der Waals surface area contributed by atoms with Crippen molar-refractivity contribution in [1.29, 1.82) is 0 Å². The highest BCUT2D eigenvalue weighted by Crippen LogP contribution is 2.57. The predicted octanol–water partition coefficient (Wildman–Crippen LogP) is 2.24. The van der Waals surface area contributed by atoms with Gasteiger partial charge < -0.3 is 10.2 Å². The molecule has 0 aliphatic heterocycles. The molecule has 15 heavy (non-hydrogen) atoms. The molecule has 0 amide bonds. The molecule has 90 valence electrons. The number of rotatable bonds is 4. The molecule has 2 N–H and O–H groups in total. The normalized spacial score (nSPS) is 10.1. The zero-order valence-corrected chi connectivity index (χ0v) is 10.9. The molecule has 0 aliphatic rings. The van der Waals surface area contributed by atoms with Gasteiger partial charge in [-0.3, -0.25) is 0 Å². The second-order valence-corrected chi connectivity index (χ2v) is 8.43. The fraction of sp³-hybridized carbons (Fsp3) is 0.800. The number of carboxylic acid groups (broad SMARTS) is 2. The summed E-state index contributed by atoms with van der Waals surface area (Å²) in [7, 11) is -0.420. The fourth-order valence-electron chi connectivity index (χ4n) is 1.34. The SMILES string of the molecule is CC[P+](CC)(CC)CC.O=C(O)C(=O)O. The fourth-order valence-corrected chi connectivity index (χ4v) is 4.02. The Kier molecular flexibility index (Phi) is 9.69. The summed E-state index contributed by atoms with van der Waals surface area (Å²) in [6, 6.07) is 0. The lowest BCUT2D eigenvalue weighted by molar-refractivity contribution is -0.159. The molecule has 0 heterocycles. The van der Waals surface area contributed by atoms with E-state index < -0.39 is 19.2 Å². The third-order valence-corrected chi connectivity index (χ3v) is 8.23. The van der Waals surface area contributed by atoms with E-state index in [-0.39, 0.29) is 0 Å². The molecule has 0 rings (SSSR count). The first-order valence-corrected chi connectivity index (χ1v) is 7.73. The Morgan fingerprint density at radius 2 is 1.00 bits per heavy atom. The Balaban J connectivity index is 0. The van der Waals surface area contributed by atoms with Crippen LogP contribution in [0.15, 0.2) is 0 Å². The molecular weight excluding hydrogens is 215 g/mol. The summed E-state index contributed by atoms with van der Waals surface area (Å²) in [6.07, 6.45) is 5.82. The van der Waals surface area contributed by atoms with E-state index in [0.717, 1.165) is 0 Å². The van der Waals surface area contributed by atoms with E-state index in [4.69, 9.17) is 19.8 Å². The summed E-state index contributed by atoms with van der Waals surface area (Å²) in [4.78, 5) is 18.2. The minimum atomic E-state index is -1.82. The first kappa shape index (κ1) is 16.8. The number of carboxylic acids is 2. The van der Waals surface area contributed by atoms with Crippen LogP contribution in [-0.4, -0.2) is 46.8 Å². The molecule has 0 aliphatic carbocycles. The highest BCUT2D eigenvalue weighted by atomic mass is 31.2. The zero-order chi connectivity index (χ0) is 12.5. The molecule has 4 nitrogen and oxygen atoms in total. The van der Waals surface area contributed by atoms with Crippen LogP contribution >= 0.6 is 7.26 Å². The molecule has 0 bridgehead atoms. The molecule has 0 spiro atoms. The molecule has 0 unspecified atom stereocenters. The zero-order valence-electron chi connectivity index (χ0n) is 9.99.